The monoisotopic (exact) mass is 446 g/mol. The maximum absolute atomic E-state index is 4.75. The van der Waals surface area contributed by atoms with Gasteiger partial charge in [-0.2, -0.15) is 0 Å². The van der Waals surface area contributed by atoms with E-state index in [2.05, 4.69) is 94.1 Å². The van der Waals surface area contributed by atoms with Gasteiger partial charge in [0.1, 0.15) is 0 Å². The predicted molar refractivity (Wildman–Crippen MR) is 147 cm³/mol. The van der Waals surface area contributed by atoms with Crippen LogP contribution in [0.2, 0.25) is 0 Å². The fraction of sp³-hybridized carbons (Fsp3) is 0.353. The average Bonchev–Trinajstić information content (AvgIpc) is 3.39. The van der Waals surface area contributed by atoms with Gasteiger partial charge >= 0.3 is 0 Å². The van der Waals surface area contributed by atoms with Crippen LogP contribution >= 0.6 is 0 Å². The van der Waals surface area contributed by atoms with E-state index in [-0.39, 0.29) is 0 Å². The number of fused-ring (bicyclic) bond motifs is 2. The molecule has 0 aliphatic heterocycles. The van der Waals surface area contributed by atoms with Crippen molar-refractivity contribution < 1.29 is 0 Å². The number of rotatable bonds is 6. The Kier molecular flexibility index (Phi) is 6.34. The summed E-state index contributed by atoms with van der Waals surface area (Å²) in [5, 5.41) is 0. The Morgan fingerprint density at radius 2 is 1.82 bits per heavy atom. The lowest BCUT2D eigenvalue weighted by molar-refractivity contribution is 0.321. The van der Waals surface area contributed by atoms with Crippen molar-refractivity contribution in [2.24, 2.45) is 17.8 Å². The third-order valence-electron chi connectivity index (χ3n) is 8.41. The summed E-state index contributed by atoms with van der Waals surface area (Å²) < 4.78 is 0. The van der Waals surface area contributed by atoms with Crippen molar-refractivity contribution >= 4 is 5.57 Å². The van der Waals surface area contributed by atoms with Gasteiger partial charge in [-0.1, -0.05) is 118 Å². The van der Waals surface area contributed by atoms with Gasteiger partial charge in [-0.05, 0) is 76.5 Å². The number of hydrogen-bond acceptors (Lipinski definition) is 0. The molecular formula is C34H38. The fourth-order valence-electron chi connectivity index (χ4n) is 6.90. The first-order valence-electron chi connectivity index (χ1n) is 13.2. The van der Waals surface area contributed by atoms with E-state index in [1.807, 2.05) is 0 Å². The molecule has 174 valence electrons. The molecule has 3 aliphatic rings. The molecule has 0 saturated heterocycles. The van der Waals surface area contributed by atoms with Crippen LogP contribution in [0.1, 0.15) is 68.2 Å². The zero-order valence-electron chi connectivity index (χ0n) is 21.1. The summed E-state index contributed by atoms with van der Waals surface area (Å²) in [5.41, 5.74) is 12.9. The fourth-order valence-corrected chi connectivity index (χ4v) is 6.90. The molecule has 0 N–H and O–H groups in total. The molecule has 0 bridgehead atoms. The lowest BCUT2D eigenvalue weighted by Gasteiger charge is -2.42. The van der Waals surface area contributed by atoms with E-state index in [1.165, 1.54) is 44.5 Å². The highest BCUT2D eigenvalue weighted by Gasteiger charge is 2.45. The molecule has 0 aromatic heterocycles. The van der Waals surface area contributed by atoms with Gasteiger partial charge in [0.05, 0.1) is 0 Å². The highest BCUT2D eigenvalue weighted by Crippen LogP contribution is 2.57. The molecule has 3 aliphatic carbocycles. The van der Waals surface area contributed by atoms with Crippen LogP contribution in [0, 0.1) is 17.8 Å². The van der Waals surface area contributed by atoms with E-state index in [4.69, 9.17) is 6.58 Å². The van der Waals surface area contributed by atoms with Gasteiger partial charge in [0, 0.05) is 11.8 Å². The first kappa shape index (κ1) is 22.9. The van der Waals surface area contributed by atoms with Crippen LogP contribution in [0.4, 0.5) is 0 Å². The zero-order valence-corrected chi connectivity index (χ0v) is 21.1. The second-order valence-corrected chi connectivity index (χ2v) is 10.5. The standard InChI is InChI=1S/C34H38/c1-6-12-22(3)32-23(4)19-29-21-28(20-27-18-17-26-14-9-10-15-30(26)27)24(5)33(29)34(32)31-16-11-8-13-25(31)7-2/h8-11,13-16,18-20,23,32-34H,3,5-7,12,17,21H2,1-2,4H3/b28-20+. The topological polar surface area (TPSA) is 0 Å². The summed E-state index contributed by atoms with van der Waals surface area (Å²) in [4.78, 5) is 0. The molecule has 4 unspecified atom stereocenters. The Hall–Kier alpha value is -2.86. The van der Waals surface area contributed by atoms with E-state index in [1.54, 1.807) is 5.57 Å². The predicted octanol–water partition coefficient (Wildman–Crippen LogP) is 9.02. The van der Waals surface area contributed by atoms with Crippen LogP contribution in [0.15, 0.2) is 102 Å². The van der Waals surface area contributed by atoms with Crippen molar-refractivity contribution in [2.75, 3.05) is 0 Å². The van der Waals surface area contributed by atoms with Crippen LogP contribution in [-0.2, 0) is 12.8 Å². The highest BCUT2D eigenvalue weighted by atomic mass is 14.5. The maximum atomic E-state index is 4.75. The second kappa shape index (κ2) is 9.41. The van der Waals surface area contributed by atoms with Gasteiger partial charge in [-0.3, -0.25) is 0 Å². The van der Waals surface area contributed by atoms with E-state index in [0.717, 1.165) is 32.1 Å². The molecule has 34 heavy (non-hydrogen) atoms. The lowest BCUT2D eigenvalue weighted by atomic mass is 9.61. The van der Waals surface area contributed by atoms with Crippen LogP contribution < -0.4 is 0 Å². The maximum Gasteiger partial charge on any atom is 0.0123 e. The molecule has 0 heteroatoms. The van der Waals surface area contributed by atoms with Crippen LogP contribution in [0.3, 0.4) is 0 Å². The molecule has 0 spiro atoms. The summed E-state index contributed by atoms with van der Waals surface area (Å²) in [5.74, 6) is 1.77. The van der Waals surface area contributed by atoms with Crippen molar-refractivity contribution in [1.82, 2.24) is 0 Å². The van der Waals surface area contributed by atoms with E-state index < -0.39 is 0 Å². The van der Waals surface area contributed by atoms with Crippen LogP contribution in [0.5, 0.6) is 0 Å². The minimum absolute atomic E-state index is 0.381. The summed E-state index contributed by atoms with van der Waals surface area (Å²) in [7, 11) is 0. The van der Waals surface area contributed by atoms with Gasteiger partial charge in [-0.25, -0.2) is 0 Å². The molecule has 0 nitrogen and oxygen atoms in total. The van der Waals surface area contributed by atoms with Crippen LogP contribution in [-0.4, -0.2) is 0 Å². The molecule has 5 rings (SSSR count). The quantitative estimate of drug-likeness (QED) is 0.388. The van der Waals surface area contributed by atoms with Crippen molar-refractivity contribution in [1.29, 1.82) is 0 Å². The molecule has 1 fully saturated rings. The normalized spacial score (nSPS) is 26.8. The first-order valence-corrected chi connectivity index (χ1v) is 13.2. The third kappa shape index (κ3) is 3.88. The van der Waals surface area contributed by atoms with Gasteiger partial charge in [0.25, 0.3) is 0 Å². The summed E-state index contributed by atoms with van der Waals surface area (Å²) in [6.07, 6.45) is 12.8. The molecule has 1 saturated carbocycles. The van der Waals surface area contributed by atoms with Gasteiger partial charge in [-0.15, -0.1) is 0 Å². The SMILES string of the molecule is C=C1/C(=C/C2=CCc3ccccc32)CC2=CC(C)C(C(=C)CCC)C(c3ccccc3CC)C12. The summed E-state index contributed by atoms with van der Waals surface area (Å²) in [6.45, 7) is 16.4. The van der Waals surface area contributed by atoms with Crippen molar-refractivity contribution in [3.05, 3.63) is 124 Å². The summed E-state index contributed by atoms with van der Waals surface area (Å²) >= 11 is 0. The molecule has 2 aromatic rings. The molecule has 0 heterocycles. The number of hydrogen-bond donors (Lipinski definition) is 0. The number of allylic oxidation sites excluding steroid dienone is 8. The number of benzene rings is 2. The Balaban J connectivity index is 1.58. The minimum Gasteiger partial charge on any atom is -0.0995 e. The lowest BCUT2D eigenvalue weighted by Crippen LogP contribution is -2.32. The van der Waals surface area contributed by atoms with Crippen molar-refractivity contribution in [2.45, 2.75) is 58.8 Å². The highest BCUT2D eigenvalue weighted by molar-refractivity contribution is 5.81. The average molecular weight is 447 g/mol. The first-order chi connectivity index (χ1) is 16.5. The smallest absolute Gasteiger partial charge is 0.0123 e. The van der Waals surface area contributed by atoms with Gasteiger partial charge in [0.15, 0.2) is 0 Å². The minimum atomic E-state index is 0.381. The summed E-state index contributed by atoms with van der Waals surface area (Å²) in [6, 6.07) is 18.0. The molecule has 0 radical (unpaired) electrons. The molecule has 2 aromatic carbocycles. The Morgan fingerprint density at radius 3 is 2.62 bits per heavy atom. The van der Waals surface area contributed by atoms with Crippen LogP contribution in [0.25, 0.3) is 5.57 Å². The molecule has 4 atom stereocenters. The largest absolute Gasteiger partial charge is 0.0995 e. The Bertz CT molecular complexity index is 1210. The molecular weight excluding hydrogens is 408 g/mol. The van der Waals surface area contributed by atoms with E-state index in [9.17, 15) is 0 Å². The Morgan fingerprint density at radius 1 is 1.06 bits per heavy atom. The van der Waals surface area contributed by atoms with E-state index >= 15 is 0 Å². The second-order valence-electron chi connectivity index (χ2n) is 10.5. The van der Waals surface area contributed by atoms with Crippen molar-refractivity contribution in [3.8, 4) is 0 Å². The Labute approximate surface area is 206 Å². The van der Waals surface area contributed by atoms with E-state index in [0.29, 0.717) is 23.7 Å². The zero-order chi connectivity index (χ0) is 23.8. The third-order valence-corrected chi connectivity index (χ3v) is 8.41. The van der Waals surface area contributed by atoms with Crippen molar-refractivity contribution in [3.63, 3.8) is 0 Å². The van der Waals surface area contributed by atoms with Gasteiger partial charge in [0.2, 0.25) is 0 Å². The number of aryl methyl sites for hydroxylation is 1. The van der Waals surface area contributed by atoms with Gasteiger partial charge < -0.3 is 0 Å². The molecule has 0 amide bonds.